The molecule has 0 aliphatic carbocycles. The highest BCUT2D eigenvalue weighted by atomic mass is 16.1. The van der Waals surface area contributed by atoms with E-state index in [1.165, 1.54) is 12.8 Å². The first-order valence-corrected chi connectivity index (χ1v) is 5.12. The summed E-state index contributed by atoms with van der Waals surface area (Å²) in [5.41, 5.74) is 0. The summed E-state index contributed by atoms with van der Waals surface area (Å²) < 4.78 is 0. The van der Waals surface area contributed by atoms with E-state index in [2.05, 4.69) is 0 Å². The fraction of sp³-hybridized carbons (Fsp3) is 0.500. The second-order valence-electron chi connectivity index (χ2n) is 3.12. The number of hydrogen-bond acceptors (Lipinski definition) is 2. The van der Waals surface area contributed by atoms with E-state index in [4.69, 9.17) is 0 Å². The predicted octanol–water partition coefficient (Wildman–Crippen LogP) is 2.84. The minimum atomic E-state index is 0.810. The van der Waals surface area contributed by atoms with Crippen LogP contribution >= 0.6 is 0 Å². The van der Waals surface area contributed by atoms with Crippen molar-refractivity contribution in [2.24, 2.45) is 0 Å². The van der Waals surface area contributed by atoms with Gasteiger partial charge < -0.3 is 0 Å². The van der Waals surface area contributed by atoms with Crippen molar-refractivity contribution in [3.63, 3.8) is 0 Å². The SMILES string of the molecule is O=C/C=C/CCCCCC/C=C/C=O. The van der Waals surface area contributed by atoms with Crippen molar-refractivity contribution in [3.8, 4) is 0 Å². The van der Waals surface area contributed by atoms with Crippen LogP contribution in [0.1, 0.15) is 38.5 Å². The van der Waals surface area contributed by atoms with Gasteiger partial charge in [0, 0.05) is 0 Å². The van der Waals surface area contributed by atoms with Crippen molar-refractivity contribution in [2.75, 3.05) is 0 Å². The molecular formula is C12H18O2. The predicted molar refractivity (Wildman–Crippen MR) is 58.1 cm³/mol. The molecule has 0 N–H and O–H groups in total. The van der Waals surface area contributed by atoms with Crippen LogP contribution < -0.4 is 0 Å². The second kappa shape index (κ2) is 11.8. The molecule has 2 nitrogen and oxygen atoms in total. The Kier molecular flexibility index (Phi) is 10.8. The standard InChI is InChI=1S/C12H18O2/c13-11-9-7-5-3-1-2-4-6-8-10-12-14/h7-12H,1-6H2/b9-7+,10-8+. The van der Waals surface area contributed by atoms with E-state index in [0.29, 0.717) is 0 Å². The van der Waals surface area contributed by atoms with Crippen molar-refractivity contribution < 1.29 is 9.59 Å². The van der Waals surface area contributed by atoms with Crippen LogP contribution in [0.4, 0.5) is 0 Å². The van der Waals surface area contributed by atoms with Gasteiger partial charge in [0.2, 0.25) is 0 Å². The topological polar surface area (TPSA) is 34.1 Å². The van der Waals surface area contributed by atoms with Crippen LogP contribution in [0.15, 0.2) is 24.3 Å². The molecule has 0 aromatic carbocycles. The molecule has 0 aliphatic heterocycles. The van der Waals surface area contributed by atoms with Gasteiger partial charge in [-0.1, -0.05) is 25.0 Å². The maximum Gasteiger partial charge on any atom is 0.142 e. The van der Waals surface area contributed by atoms with Gasteiger partial charge in [-0.15, -0.1) is 0 Å². The number of carbonyl (C=O) groups is 2. The molecule has 0 rings (SSSR count). The number of carbonyl (C=O) groups excluding carboxylic acids is 2. The van der Waals surface area contributed by atoms with Gasteiger partial charge in [-0.25, -0.2) is 0 Å². The van der Waals surface area contributed by atoms with Crippen molar-refractivity contribution in [3.05, 3.63) is 24.3 Å². The van der Waals surface area contributed by atoms with Gasteiger partial charge in [-0.05, 0) is 37.8 Å². The molecule has 0 saturated heterocycles. The van der Waals surface area contributed by atoms with Gasteiger partial charge in [-0.2, -0.15) is 0 Å². The molecule has 2 heteroatoms. The van der Waals surface area contributed by atoms with E-state index in [-0.39, 0.29) is 0 Å². The summed E-state index contributed by atoms with van der Waals surface area (Å²) in [6.07, 6.45) is 15.2. The molecule has 0 aromatic heterocycles. The summed E-state index contributed by atoms with van der Waals surface area (Å²) in [7, 11) is 0. The van der Waals surface area contributed by atoms with E-state index >= 15 is 0 Å². The average molecular weight is 194 g/mol. The molecular weight excluding hydrogens is 176 g/mol. The molecule has 0 bridgehead atoms. The number of allylic oxidation sites excluding steroid dienone is 4. The highest BCUT2D eigenvalue weighted by molar-refractivity contribution is 5.64. The minimum Gasteiger partial charge on any atom is -0.299 e. The summed E-state index contributed by atoms with van der Waals surface area (Å²) in [6.45, 7) is 0. The highest BCUT2D eigenvalue weighted by Crippen LogP contribution is 2.05. The zero-order valence-electron chi connectivity index (χ0n) is 8.52. The molecule has 0 unspecified atom stereocenters. The molecule has 0 atom stereocenters. The number of aldehydes is 2. The van der Waals surface area contributed by atoms with E-state index in [9.17, 15) is 9.59 Å². The Morgan fingerprint density at radius 1 is 0.643 bits per heavy atom. The molecule has 14 heavy (non-hydrogen) atoms. The molecule has 0 spiro atoms. The Labute approximate surface area is 85.7 Å². The van der Waals surface area contributed by atoms with Crippen LogP contribution in [0.3, 0.4) is 0 Å². The van der Waals surface area contributed by atoms with Gasteiger partial charge in [0.05, 0.1) is 0 Å². The van der Waals surface area contributed by atoms with Crippen molar-refractivity contribution >= 4 is 12.6 Å². The van der Waals surface area contributed by atoms with Crippen molar-refractivity contribution in [1.82, 2.24) is 0 Å². The maximum atomic E-state index is 9.92. The monoisotopic (exact) mass is 194 g/mol. The maximum absolute atomic E-state index is 9.92. The number of hydrogen-bond donors (Lipinski definition) is 0. The third-order valence-corrected chi connectivity index (χ3v) is 1.92. The van der Waals surface area contributed by atoms with Gasteiger partial charge in [0.1, 0.15) is 12.6 Å². The second-order valence-corrected chi connectivity index (χ2v) is 3.12. The molecule has 78 valence electrons. The Balaban J connectivity index is 3.06. The molecule has 0 fully saturated rings. The van der Waals surface area contributed by atoms with E-state index in [1.807, 2.05) is 12.2 Å². The Hall–Kier alpha value is -1.18. The van der Waals surface area contributed by atoms with Gasteiger partial charge in [0.25, 0.3) is 0 Å². The average Bonchev–Trinajstić information content (AvgIpc) is 2.21. The molecule has 0 radical (unpaired) electrons. The first kappa shape index (κ1) is 12.8. The zero-order valence-corrected chi connectivity index (χ0v) is 8.52. The van der Waals surface area contributed by atoms with Crippen LogP contribution in [-0.2, 0) is 9.59 Å². The van der Waals surface area contributed by atoms with Gasteiger partial charge in [0.15, 0.2) is 0 Å². The minimum absolute atomic E-state index is 0.810. The van der Waals surface area contributed by atoms with Crippen molar-refractivity contribution in [1.29, 1.82) is 0 Å². The third kappa shape index (κ3) is 10.8. The third-order valence-electron chi connectivity index (χ3n) is 1.92. The fourth-order valence-corrected chi connectivity index (χ4v) is 1.18. The van der Waals surface area contributed by atoms with E-state index in [0.717, 1.165) is 38.3 Å². The lowest BCUT2D eigenvalue weighted by Crippen LogP contribution is -1.77. The molecule has 0 aromatic rings. The fourth-order valence-electron chi connectivity index (χ4n) is 1.18. The summed E-state index contributed by atoms with van der Waals surface area (Å²) >= 11 is 0. The molecule has 0 saturated carbocycles. The zero-order chi connectivity index (χ0) is 10.5. The summed E-state index contributed by atoms with van der Waals surface area (Å²) in [5, 5.41) is 0. The first-order valence-electron chi connectivity index (χ1n) is 5.12. The molecule has 0 heterocycles. The number of unbranched alkanes of at least 4 members (excludes halogenated alkanes) is 5. The largest absolute Gasteiger partial charge is 0.299 e. The summed E-state index contributed by atoms with van der Waals surface area (Å²) in [6, 6.07) is 0. The number of rotatable bonds is 9. The lowest BCUT2D eigenvalue weighted by Gasteiger charge is -1.95. The Bertz CT molecular complexity index is 170. The first-order chi connectivity index (χ1) is 6.91. The Morgan fingerprint density at radius 3 is 1.43 bits per heavy atom. The highest BCUT2D eigenvalue weighted by Gasteiger charge is 1.86. The van der Waals surface area contributed by atoms with Crippen LogP contribution in [0, 0.1) is 0 Å². The van der Waals surface area contributed by atoms with Crippen LogP contribution in [0.2, 0.25) is 0 Å². The summed E-state index contributed by atoms with van der Waals surface area (Å²) in [5.74, 6) is 0. The Morgan fingerprint density at radius 2 is 1.07 bits per heavy atom. The van der Waals surface area contributed by atoms with E-state index in [1.54, 1.807) is 12.2 Å². The lowest BCUT2D eigenvalue weighted by molar-refractivity contribution is -0.104. The van der Waals surface area contributed by atoms with Crippen LogP contribution in [0.5, 0.6) is 0 Å². The van der Waals surface area contributed by atoms with Gasteiger partial charge >= 0.3 is 0 Å². The molecule has 0 amide bonds. The summed E-state index contributed by atoms with van der Waals surface area (Å²) in [4.78, 5) is 19.8. The van der Waals surface area contributed by atoms with Crippen LogP contribution in [0.25, 0.3) is 0 Å². The van der Waals surface area contributed by atoms with Crippen LogP contribution in [-0.4, -0.2) is 12.6 Å². The normalized spacial score (nSPS) is 11.1. The lowest BCUT2D eigenvalue weighted by atomic mass is 10.1. The smallest absolute Gasteiger partial charge is 0.142 e. The quantitative estimate of drug-likeness (QED) is 0.321. The van der Waals surface area contributed by atoms with Crippen molar-refractivity contribution in [2.45, 2.75) is 38.5 Å². The molecule has 0 aliphatic rings. The van der Waals surface area contributed by atoms with Gasteiger partial charge in [-0.3, -0.25) is 9.59 Å². The van der Waals surface area contributed by atoms with E-state index < -0.39 is 0 Å².